The van der Waals surface area contributed by atoms with Crippen LogP contribution in [-0.4, -0.2) is 76.0 Å². The first-order chi connectivity index (χ1) is 20.1. The van der Waals surface area contributed by atoms with Gasteiger partial charge in [-0.3, -0.25) is 13.6 Å². The molecule has 2 rings (SSSR count). The maximum absolute atomic E-state index is 12.6. The van der Waals surface area contributed by atoms with Gasteiger partial charge in [-0.2, -0.15) is 13.6 Å². The Balaban J connectivity index is 2.15. The highest BCUT2D eigenvalue weighted by Crippen LogP contribution is 2.67. The van der Waals surface area contributed by atoms with E-state index in [0.717, 1.165) is 4.57 Å². The fraction of sp³-hybridized carbons (Fsp3) is 0.476. The van der Waals surface area contributed by atoms with Crippen LogP contribution in [0.2, 0.25) is 0 Å². The molecule has 1 aromatic rings. The molecular formula is C21H31N4O15P3. The number of nitrogens with one attached hydrogen (secondary N) is 1. The van der Waals surface area contributed by atoms with Crippen LogP contribution in [0, 0.1) is 11.8 Å². The largest absolute Gasteiger partial charge is 0.490 e. The number of hydrogen-bond donors (Lipinski definition) is 5. The molecule has 0 bridgehead atoms. The number of carbonyl (C=O) groups is 1. The topological polar surface area (TPSA) is 267 Å². The Morgan fingerprint density at radius 1 is 1.26 bits per heavy atom. The molecule has 19 nitrogen and oxygen atoms in total. The number of alkyl carbamates (subject to hydrolysis) is 1. The number of hydrogen-bond acceptors (Lipinski definition) is 14. The number of nitrogen functional groups attached to an aromatic ring is 1. The van der Waals surface area contributed by atoms with Crippen LogP contribution in [0.3, 0.4) is 0 Å². The van der Waals surface area contributed by atoms with E-state index in [1.165, 1.54) is 12.3 Å². The second kappa shape index (κ2) is 16.4. The Morgan fingerprint density at radius 2 is 1.95 bits per heavy atom. The number of rotatable bonds is 15. The molecular weight excluding hydrogens is 641 g/mol. The van der Waals surface area contributed by atoms with E-state index in [-0.39, 0.29) is 37.6 Å². The molecule has 1 aliphatic heterocycles. The highest BCUT2D eigenvalue weighted by molar-refractivity contribution is 7.66. The number of ether oxygens (including phenoxy) is 3. The summed E-state index contributed by atoms with van der Waals surface area (Å²) in [6.45, 7) is 4.49. The highest BCUT2D eigenvalue weighted by atomic mass is 31.3. The minimum Gasteiger partial charge on any atom is -0.445 e. The van der Waals surface area contributed by atoms with E-state index in [1.54, 1.807) is 19.1 Å². The Labute approximate surface area is 245 Å². The zero-order valence-corrected chi connectivity index (χ0v) is 25.5. The molecule has 0 radical (unpaired) electrons. The predicted octanol–water partition coefficient (Wildman–Crippen LogP) is 1.34. The molecule has 6 atom stereocenters. The number of phosphoric ester groups is 2. The van der Waals surface area contributed by atoms with Gasteiger partial charge in [-0.1, -0.05) is 30.1 Å². The van der Waals surface area contributed by atoms with E-state index in [2.05, 4.69) is 41.9 Å². The van der Waals surface area contributed by atoms with Crippen molar-refractivity contribution in [2.45, 2.75) is 31.8 Å². The van der Waals surface area contributed by atoms with Crippen molar-refractivity contribution in [2.75, 3.05) is 39.2 Å². The predicted molar refractivity (Wildman–Crippen MR) is 147 cm³/mol. The number of carbonyl (C=O) groups excluding carboxylic acids is 1. The van der Waals surface area contributed by atoms with Gasteiger partial charge in [-0.15, -0.1) is 6.58 Å². The lowest BCUT2D eigenvalue weighted by Crippen LogP contribution is -2.29. The van der Waals surface area contributed by atoms with Crippen LogP contribution in [-0.2, 0) is 45.6 Å². The molecule has 43 heavy (non-hydrogen) atoms. The van der Waals surface area contributed by atoms with Crippen molar-refractivity contribution in [3.05, 3.63) is 47.1 Å². The van der Waals surface area contributed by atoms with Gasteiger partial charge in [0.05, 0.1) is 31.4 Å². The van der Waals surface area contributed by atoms with Crippen LogP contribution in [0.5, 0.6) is 0 Å². The molecule has 4 unspecified atom stereocenters. The average Bonchev–Trinajstić information content (AvgIpc) is 3.31. The van der Waals surface area contributed by atoms with E-state index >= 15 is 0 Å². The molecule has 6 N–H and O–H groups in total. The van der Waals surface area contributed by atoms with Gasteiger partial charge in [-0.25, -0.2) is 23.3 Å². The van der Waals surface area contributed by atoms with Crippen LogP contribution in [0.25, 0.3) is 0 Å². The monoisotopic (exact) mass is 672 g/mol. The second-order valence-electron chi connectivity index (χ2n) is 8.13. The third kappa shape index (κ3) is 12.5. The molecule has 22 heteroatoms. The summed E-state index contributed by atoms with van der Waals surface area (Å²) in [5.74, 6) is 5.11. The first-order valence-electron chi connectivity index (χ1n) is 12.0. The van der Waals surface area contributed by atoms with Gasteiger partial charge in [0.1, 0.15) is 24.8 Å². The summed E-state index contributed by atoms with van der Waals surface area (Å²) < 4.78 is 69.2. The van der Waals surface area contributed by atoms with Crippen LogP contribution >= 0.6 is 23.5 Å². The Kier molecular flexibility index (Phi) is 13.9. The molecule has 0 spiro atoms. The van der Waals surface area contributed by atoms with E-state index < -0.39 is 60.3 Å². The molecule has 1 fully saturated rings. The van der Waals surface area contributed by atoms with Crippen molar-refractivity contribution in [2.24, 2.45) is 0 Å². The number of phosphoric acid groups is 3. The van der Waals surface area contributed by atoms with E-state index in [4.69, 9.17) is 29.4 Å². The van der Waals surface area contributed by atoms with Crippen LogP contribution in [0.1, 0.15) is 25.1 Å². The van der Waals surface area contributed by atoms with Crippen LogP contribution in [0.15, 0.2) is 35.8 Å². The van der Waals surface area contributed by atoms with Crippen molar-refractivity contribution in [1.29, 1.82) is 0 Å². The third-order valence-corrected chi connectivity index (χ3v) is 9.27. The van der Waals surface area contributed by atoms with Gasteiger partial charge < -0.3 is 39.9 Å². The lowest BCUT2D eigenvalue weighted by molar-refractivity contribution is -0.0570. The Morgan fingerprint density at radius 3 is 2.60 bits per heavy atom. The van der Waals surface area contributed by atoms with Crippen molar-refractivity contribution < 1.29 is 65.0 Å². The summed E-state index contributed by atoms with van der Waals surface area (Å²) in [4.78, 5) is 56.5. The number of nitrogens with two attached hydrogens (primary N) is 1. The quantitative estimate of drug-likeness (QED) is 0.0999. The number of allylic oxidation sites excluding steroid dienone is 1. The SMILES string of the molecule is C=CCOC1C[C@H](n2cc(C#CCNC(=O)OC/C=C\C)c(N)nc2=O)O[C@@H]1COP(=O)(O)OP(=O)(O)OP(=O)(O)OC. The fourth-order valence-corrected chi connectivity index (χ4v) is 6.46. The lowest BCUT2D eigenvalue weighted by Gasteiger charge is -2.21. The molecule has 1 amide bonds. The molecule has 2 heterocycles. The molecule has 0 aliphatic carbocycles. The Hall–Kier alpha value is -2.68. The number of aromatic nitrogens is 2. The van der Waals surface area contributed by atoms with Crippen molar-refractivity contribution >= 4 is 35.4 Å². The second-order valence-corrected chi connectivity index (χ2v) is 12.9. The average molecular weight is 672 g/mol. The van der Waals surface area contributed by atoms with Crippen molar-refractivity contribution in [3.63, 3.8) is 0 Å². The summed E-state index contributed by atoms with van der Waals surface area (Å²) in [6.07, 6.45) is 2.19. The van der Waals surface area contributed by atoms with Gasteiger partial charge >= 0.3 is 35.3 Å². The lowest BCUT2D eigenvalue weighted by atomic mass is 10.2. The molecule has 1 aliphatic rings. The number of amides is 1. The summed E-state index contributed by atoms with van der Waals surface area (Å²) in [7, 11) is -15.4. The van der Waals surface area contributed by atoms with Gasteiger partial charge in [0.2, 0.25) is 0 Å². The molecule has 1 aromatic heterocycles. The normalized spacial score (nSPS) is 22.5. The Bertz CT molecular complexity index is 1440. The molecule has 0 aromatic carbocycles. The van der Waals surface area contributed by atoms with Gasteiger partial charge in [-0.05, 0) is 6.92 Å². The number of anilines is 1. The zero-order valence-electron chi connectivity index (χ0n) is 22.8. The van der Waals surface area contributed by atoms with E-state index in [1.807, 2.05) is 0 Å². The third-order valence-electron chi connectivity index (χ3n) is 5.04. The van der Waals surface area contributed by atoms with E-state index in [9.17, 15) is 33.1 Å². The zero-order chi connectivity index (χ0) is 32.3. The van der Waals surface area contributed by atoms with Crippen molar-refractivity contribution in [3.8, 4) is 11.8 Å². The van der Waals surface area contributed by atoms with Gasteiger partial charge in [0.25, 0.3) is 0 Å². The minimum atomic E-state index is -5.62. The highest BCUT2D eigenvalue weighted by Gasteiger charge is 2.44. The first kappa shape index (κ1) is 36.5. The summed E-state index contributed by atoms with van der Waals surface area (Å²) in [6, 6.07) is 0. The van der Waals surface area contributed by atoms with Crippen LogP contribution < -0.4 is 16.7 Å². The van der Waals surface area contributed by atoms with E-state index in [0.29, 0.717) is 7.11 Å². The van der Waals surface area contributed by atoms with Gasteiger partial charge in [0, 0.05) is 19.7 Å². The van der Waals surface area contributed by atoms with Crippen LogP contribution in [0.4, 0.5) is 10.6 Å². The molecule has 0 saturated carbocycles. The maximum atomic E-state index is 12.6. The summed E-state index contributed by atoms with van der Waals surface area (Å²) in [5, 5.41) is 2.41. The fourth-order valence-electron chi connectivity index (χ4n) is 3.20. The molecule has 240 valence electrons. The smallest absolute Gasteiger partial charge is 0.445 e. The van der Waals surface area contributed by atoms with Gasteiger partial charge in [0.15, 0.2) is 0 Å². The first-order valence-corrected chi connectivity index (χ1v) is 16.5. The molecule has 1 saturated heterocycles. The summed E-state index contributed by atoms with van der Waals surface area (Å²) >= 11 is 0. The maximum Gasteiger partial charge on any atom is 0.490 e. The van der Waals surface area contributed by atoms with Crippen molar-refractivity contribution in [1.82, 2.24) is 14.9 Å². The number of nitrogens with zero attached hydrogens (tertiary/aromatic N) is 2. The summed E-state index contributed by atoms with van der Waals surface area (Å²) in [5.41, 5.74) is 5.10. The standard InChI is InChI=1S/C21H31N4O15P3/c1-4-6-11-36-21(27)23-9-7-8-15-13-25(20(26)24-19(15)22)18-12-16(35-10-5-2)17(38-18)14-37-42(30,31)40-43(32,33)39-41(28,29)34-3/h4-6,13,16-18H,2,9-12,14H2,1,3H3,(H,23,27)(H,28,29)(H,30,31)(H,32,33)(H2,22,24,26)/b6-4-/t16?,17-,18-/m1/s1. The minimum absolute atomic E-state index is 0.00277.